The van der Waals surface area contributed by atoms with Crippen LogP contribution < -0.4 is 0 Å². The molecule has 0 saturated heterocycles. The van der Waals surface area contributed by atoms with Crippen LogP contribution in [0.1, 0.15) is 41.6 Å². The SMILES string of the molecule is O=C(CCCCC(=O)OCC(=O)OCc1ccccc1)OCCOC(=O)c1ccccc1. The summed E-state index contributed by atoms with van der Waals surface area (Å²) < 4.78 is 19.9. The molecule has 0 N–H and O–H groups in total. The molecule has 0 aliphatic carbocycles. The summed E-state index contributed by atoms with van der Waals surface area (Å²) in [5.41, 5.74) is 1.27. The van der Waals surface area contributed by atoms with Crippen molar-refractivity contribution in [3.05, 3.63) is 71.8 Å². The van der Waals surface area contributed by atoms with Crippen molar-refractivity contribution in [3.63, 3.8) is 0 Å². The smallest absolute Gasteiger partial charge is 0.344 e. The molecule has 170 valence electrons. The zero-order valence-electron chi connectivity index (χ0n) is 17.7. The first kappa shape index (κ1) is 24.6. The van der Waals surface area contributed by atoms with Gasteiger partial charge in [-0.1, -0.05) is 48.5 Å². The molecule has 0 aromatic heterocycles. The Labute approximate surface area is 186 Å². The number of hydrogen-bond acceptors (Lipinski definition) is 8. The number of esters is 4. The molecule has 0 radical (unpaired) electrons. The normalized spacial score (nSPS) is 10.1. The monoisotopic (exact) mass is 442 g/mol. The number of hydrogen-bond donors (Lipinski definition) is 0. The number of carbonyl (C=O) groups is 4. The van der Waals surface area contributed by atoms with Crippen LogP contribution in [0, 0.1) is 0 Å². The fourth-order valence-electron chi connectivity index (χ4n) is 2.55. The van der Waals surface area contributed by atoms with E-state index < -0.39 is 30.5 Å². The van der Waals surface area contributed by atoms with E-state index >= 15 is 0 Å². The van der Waals surface area contributed by atoms with Crippen LogP contribution >= 0.6 is 0 Å². The molecule has 8 heteroatoms. The molecule has 8 nitrogen and oxygen atoms in total. The van der Waals surface area contributed by atoms with Crippen molar-refractivity contribution in [3.8, 4) is 0 Å². The lowest BCUT2D eigenvalue weighted by Gasteiger charge is -2.07. The number of ether oxygens (including phenoxy) is 4. The van der Waals surface area contributed by atoms with Gasteiger partial charge in [0.15, 0.2) is 6.61 Å². The van der Waals surface area contributed by atoms with Gasteiger partial charge in [0.05, 0.1) is 5.56 Å². The molecule has 0 saturated carbocycles. The van der Waals surface area contributed by atoms with Crippen molar-refractivity contribution in [2.45, 2.75) is 32.3 Å². The van der Waals surface area contributed by atoms with Gasteiger partial charge >= 0.3 is 23.9 Å². The average molecular weight is 442 g/mol. The molecular formula is C24H26O8. The molecule has 32 heavy (non-hydrogen) atoms. The van der Waals surface area contributed by atoms with Crippen LogP contribution in [0.3, 0.4) is 0 Å². The Morgan fingerprint density at radius 1 is 0.594 bits per heavy atom. The molecular weight excluding hydrogens is 416 g/mol. The Hall–Kier alpha value is -3.68. The molecule has 0 spiro atoms. The van der Waals surface area contributed by atoms with Gasteiger partial charge in [-0.3, -0.25) is 9.59 Å². The highest BCUT2D eigenvalue weighted by atomic mass is 16.6. The maximum Gasteiger partial charge on any atom is 0.344 e. The zero-order valence-corrected chi connectivity index (χ0v) is 17.7. The predicted octanol–water partition coefficient (Wildman–Crippen LogP) is 3.23. The molecule has 2 rings (SSSR count). The van der Waals surface area contributed by atoms with Gasteiger partial charge in [0.1, 0.15) is 19.8 Å². The Morgan fingerprint density at radius 2 is 1.16 bits per heavy atom. The van der Waals surface area contributed by atoms with Crippen molar-refractivity contribution in [2.75, 3.05) is 19.8 Å². The highest BCUT2D eigenvalue weighted by Gasteiger charge is 2.10. The van der Waals surface area contributed by atoms with Gasteiger partial charge in [-0.05, 0) is 30.5 Å². The second-order valence-electron chi connectivity index (χ2n) is 6.74. The maximum absolute atomic E-state index is 11.7. The van der Waals surface area contributed by atoms with Crippen LogP contribution in [0.2, 0.25) is 0 Å². The van der Waals surface area contributed by atoms with E-state index in [1.54, 1.807) is 30.3 Å². The van der Waals surface area contributed by atoms with Crippen LogP contribution in [0.15, 0.2) is 60.7 Å². The third-order valence-corrected chi connectivity index (χ3v) is 4.19. The van der Waals surface area contributed by atoms with Crippen LogP contribution in [0.25, 0.3) is 0 Å². The van der Waals surface area contributed by atoms with Crippen LogP contribution in [0.5, 0.6) is 0 Å². The quantitative estimate of drug-likeness (QED) is 0.264. The van der Waals surface area contributed by atoms with Gasteiger partial charge in [0, 0.05) is 12.8 Å². The molecule has 0 amide bonds. The fraction of sp³-hybridized carbons (Fsp3) is 0.333. The van der Waals surface area contributed by atoms with Crippen LogP contribution in [-0.4, -0.2) is 43.7 Å². The molecule has 2 aromatic carbocycles. The summed E-state index contributed by atoms with van der Waals surface area (Å²) in [4.78, 5) is 46.7. The molecule has 0 aliphatic heterocycles. The molecule has 0 bridgehead atoms. The summed E-state index contributed by atoms with van der Waals surface area (Å²) in [6.07, 6.45) is 1.04. The molecule has 0 fully saturated rings. The first-order valence-corrected chi connectivity index (χ1v) is 10.3. The largest absolute Gasteiger partial charge is 0.462 e. The van der Waals surface area contributed by atoms with Crippen molar-refractivity contribution in [1.82, 2.24) is 0 Å². The Bertz CT molecular complexity index is 864. The molecule has 0 atom stereocenters. The minimum Gasteiger partial charge on any atom is -0.462 e. The molecule has 0 unspecified atom stereocenters. The second-order valence-corrected chi connectivity index (χ2v) is 6.74. The molecule has 0 heterocycles. The predicted molar refractivity (Wildman–Crippen MR) is 113 cm³/mol. The first-order valence-electron chi connectivity index (χ1n) is 10.3. The average Bonchev–Trinajstić information content (AvgIpc) is 2.83. The Morgan fingerprint density at radius 3 is 1.81 bits per heavy atom. The van der Waals surface area contributed by atoms with Gasteiger partial charge in [-0.25, -0.2) is 9.59 Å². The standard InChI is InChI=1S/C24H26O8/c25-21(29-15-16-30-24(28)20-11-5-2-6-12-20)13-7-8-14-22(26)32-18-23(27)31-17-19-9-3-1-4-10-19/h1-6,9-12H,7-8,13-18H2. The van der Waals surface area contributed by atoms with E-state index in [9.17, 15) is 19.2 Å². The van der Waals surface area contributed by atoms with E-state index in [4.69, 9.17) is 18.9 Å². The maximum atomic E-state index is 11.7. The molecule has 2 aromatic rings. The number of rotatable bonds is 13. The van der Waals surface area contributed by atoms with E-state index in [0.717, 1.165) is 5.56 Å². The summed E-state index contributed by atoms with van der Waals surface area (Å²) in [7, 11) is 0. The third kappa shape index (κ3) is 10.4. The summed E-state index contributed by atoms with van der Waals surface area (Å²) in [5, 5.41) is 0. The topological polar surface area (TPSA) is 105 Å². The van der Waals surface area contributed by atoms with Crippen LogP contribution in [-0.2, 0) is 39.9 Å². The zero-order chi connectivity index (χ0) is 23.0. The van der Waals surface area contributed by atoms with E-state index in [-0.39, 0.29) is 32.7 Å². The second kappa shape index (κ2) is 14.3. The number of unbranched alkanes of at least 4 members (excludes halogenated alkanes) is 1. The highest BCUT2D eigenvalue weighted by molar-refractivity contribution is 5.89. The Balaban J connectivity index is 1.45. The van der Waals surface area contributed by atoms with E-state index in [1.807, 2.05) is 30.3 Å². The lowest BCUT2D eigenvalue weighted by atomic mass is 10.2. The summed E-state index contributed by atoms with van der Waals surface area (Å²) in [6, 6.07) is 17.7. The highest BCUT2D eigenvalue weighted by Crippen LogP contribution is 2.05. The van der Waals surface area contributed by atoms with E-state index in [2.05, 4.69) is 0 Å². The Kier molecular flexibility index (Phi) is 11.0. The van der Waals surface area contributed by atoms with Gasteiger partial charge in [0.25, 0.3) is 0 Å². The first-order chi connectivity index (χ1) is 15.5. The van der Waals surface area contributed by atoms with Crippen LogP contribution in [0.4, 0.5) is 0 Å². The van der Waals surface area contributed by atoms with E-state index in [1.165, 1.54) is 0 Å². The van der Waals surface area contributed by atoms with Gasteiger partial charge in [-0.2, -0.15) is 0 Å². The lowest BCUT2D eigenvalue weighted by Crippen LogP contribution is -2.16. The molecule has 0 aliphatic rings. The fourth-order valence-corrected chi connectivity index (χ4v) is 2.55. The van der Waals surface area contributed by atoms with E-state index in [0.29, 0.717) is 18.4 Å². The summed E-state index contributed by atoms with van der Waals surface area (Å²) in [5.74, 6) is -2.09. The minimum absolute atomic E-state index is 0.0356. The van der Waals surface area contributed by atoms with Crippen molar-refractivity contribution < 1.29 is 38.1 Å². The minimum atomic E-state index is -0.626. The third-order valence-electron chi connectivity index (χ3n) is 4.19. The summed E-state index contributed by atoms with van der Waals surface area (Å²) in [6.45, 7) is -0.406. The van der Waals surface area contributed by atoms with Gasteiger partial charge in [-0.15, -0.1) is 0 Å². The number of carbonyl (C=O) groups excluding carboxylic acids is 4. The van der Waals surface area contributed by atoms with Crippen molar-refractivity contribution >= 4 is 23.9 Å². The summed E-state index contributed by atoms with van der Waals surface area (Å²) >= 11 is 0. The lowest BCUT2D eigenvalue weighted by molar-refractivity contribution is -0.159. The van der Waals surface area contributed by atoms with Crippen molar-refractivity contribution in [1.29, 1.82) is 0 Å². The van der Waals surface area contributed by atoms with Gasteiger partial charge < -0.3 is 18.9 Å². The van der Waals surface area contributed by atoms with Gasteiger partial charge in [0.2, 0.25) is 0 Å². The number of benzene rings is 2. The van der Waals surface area contributed by atoms with Crippen molar-refractivity contribution in [2.24, 2.45) is 0 Å².